The Labute approximate surface area is 130 Å². The number of amides is 1. The Kier molecular flexibility index (Phi) is 4.26. The molecule has 0 saturated heterocycles. The summed E-state index contributed by atoms with van der Waals surface area (Å²) in [6.07, 6.45) is 0. The summed E-state index contributed by atoms with van der Waals surface area (Å²) in [4.78, 5) is 33.3. The lowest BCUT2D eigenvalue weighted by molar-refractivity contribution is -0.385. The number of rotatable bonds is 4. The number of anilines is 1. The normalized spacial score (nSPS) is 10.1. The monoisotopic (exact) mass is 315 g/mol. The molecule has 0 spiro atoms. The van der Waals surface area contributed by atoms with E-state index in [2.05, 4.69) is 5.32 Å². The molecule has 2 N–H and O–H groups in total. The number of nitro groups is 1. The Balaban J connectivity index is 2.29. The Bertz CT molecular complexity index is 816. The number of aromatic carboxylic acids is 1. The van der Waals surface area contributed by atoms with E-state index in [0.29, 0.717) is 5.56 Å². The lowest BCUT2D eigenvalue weighted by Crippen LogP contribution is -2.13. The molecule has 0 heterocycles. The molecule has 8 heteroatoms. The highest BCUT2D eigenvalue weighted by molar-refractivity contribution is 6.05. The average molecular weight is 315 g/mol. The third-order valence-corrected chi connectivity index (χ3v) is 3.14. The van der Waals surface area contributed by atoms with Gasteiger partial charge in [0.1, 0.15) is 0 Å². The number of nitro benzene ring substituents is 1. The van der Waals surface area contributed by atoms with Crippen LogP contribution < -0.4 is 10.4 Å². The number of carboxylic acid groups (broad SMARTS) is 1. The van der Waals surface area contributed by atoms with Crippen LogP contribution in [-0.2, 0) is 0 Å². The maximum atomic E-state index is 12.1. The SMILES string of the molecule is Cc1ccc(C(=O)Nc2ccc([O-])c(C(=O)O)c2)cc1[N+](=O)[O-]. The first kappa shape index (κ1) is 16.0. The van der Waals surface area contributed by atoms with Crippen LogP contribution in [0.25, 0.3) is 0 Å². The quantitative estimate of drug-likeness (QED) is 0.654. The molecule has 2 aromatic carbocycles. The summed E-state index contributed by atoms with van der Waals surface area (Å²) in [5.41, 5.74) is -0.104. The van der Waals surface area contributed by atoms with Crippen LogP contribution in [0.5, 0.6) is 5.75 Å². The summed E-state index contributed by atoms with van der Waals surface area (Å²) >= 11 is 0. The molecule has 8 nitrogen and oxygen atoms in total. The van der Waals surface area contributed by atoms with Crippen LogP contribution >= 0.6 is 0 Å². The van der Waals surface area contributed by atoms with Crippen molar-refractivity contribution < 1.29 is 24.7 Å². The van der Waals surface area contributed by atoms with E-state index in [1.54, 1.807) is 6.92 Å². The minimum absolute atomic E-state index is 0.0466. The van der Waals surface area contributed by atoms with E-state index in [0.717, 1.165) is 18.2 Å². The van der Waals surface area contributed by atoms with Crippen LogP contribution in [0.15, 0.2) is 36.4 Å². The lowest BCUT2D eigenvalue weighted by atomic mass is 10.1. The van der Waals surface area contributed by atoms with Crippen LogP contribution in [0.1, 0.15) is 26.3 Å². The number of aryl methyl sites for hydroxylation is 1. The molecule has 2 rings (SSSR count). The summed E-state index contributed by atoms with van der Waals surface area (Å²) in [5, 5.41) is 33.5. The zero-order chi connectivity index (χ0) is 17.1. The third kappa shape index (κ3) is 3.43. The third-order valence-electron chi connectivity index (χ3n) is 3.14. The molecular weight excluding hydrogens is 304 g/mol. The molecule has 0 atom stereocenters. The minimum Gasteiger partial charge on any atom is -0.872 e. The van der Waals surface area contributed by atoms with Crippen LogP contribution in [0, 0.1) is 17.0 Å². The second kappa shape index (κ2) is 6.14. The van der Waals surface area contributed by atoms with Gasteiger partial charge in [0.25, 0.3) is 11.6 Å². The van der Waals surface area contributed by atoms with Gasteiger partial charge >= 0.3 is 5.97 Å². The fraction of sp³-hybridized carbons (Fsp3) is 0.0667. The molecule has 118 valence electrons. The molecule has 0 radical (unpaired) electrons. The van der Waals surface area contributed by atoms with Crippen molar-refractivity contribution in [3.8, 4) is 5.75 Å². The summed E-state index contributed by atoms with van der Waals surface area (Å²) in [6, 6.07) is 7.30. The Hall–Kier alpha value is -3.42. The van der Waals surface area contributed by atoms with E-state index >= 15 is 0 Å². The number of hydrogen-bond acceptors (Lipinski definition) is 5. The Morgan fingerprint density at radius 3 is 2.48 bits per heavy atom. The molecule has 0 aliphatic rings. The molecule has 23 heavy (non-hydrogen) atoms. The number of carbonyl (C=O) groups excluding carboxylic acids is 1. The van der Waals surface area contributed by atoms with Gasteiger partial charge in [0, 0.05) is 22.9 Å². The molecule has 0 saturated carbocycles. The van der Waals surface area contributed by atoms with E-state index < -0.39 is 28.1 Å². The standard InChI is InChI=1S/C15H12N2O6/c1-8-2-3-9(6-12(8)17(22)23)14(19)16-10-4-5-13(18)11(7-10)15(20)21/h2-7,18H,1H3,(H,16,19)(H,20,21)/p-1. The Morgan fingerprint density at radius 1 is 1.17 bits per heavy atom. The lowest BCUT2D eigenvalue weighted by Gasteiger charge is -2.12. The van der Waals surface area contributed by atoms with Crippen molar-refractivity contribution in [2.75, 3.05) is 5.32 Å². The zero-order valence-electron chi connectivity index (χ0n) is 11.9. The van der Waals surface area contributed by atoms with Gasteiger partial charge < -0.3 is 15.5 Å². The summed E-state index contributed by atoms with van der Waals surface area (Å²) < 4.78 is 0. The van der Waals surface area contributed by atoms with Gasteiger partial charge in [-0.3, -0.25) is 14.9 Å². The number of hydrogen-bond donors (Lipinski definition) is 2. The minimum atomic E-state index is -1.41. The molecule has 0 aliphatic carbocycles. The van der Waals surface area contributed by atoms with Crippen LogP contribution in [0.4, 0.5) is 11.4 Å². The van der Waals surface area contributed by atoms with Crippen molar-refractivity contribution in [1.29, 1.82) is 0 Å². The van der Waals surface area contributed by atoms with E-state index in [4.69, 9.17) is 5.11 Å². The van der Waals surface area contributed by atoms with E-state index in [1.807, 2.05) is 0 Å². The molecule has 0 unspecified atom stereocenters. The van der Waals surface area contributed by atoms with Gasteiger partial charge in [-0.05, 0) is 25.1 Å². The fourth-order valence-corrected chi connectivity index (χ4v) is 1.93. The highest BCUT2D eigenvalue weighted by Gasteiger charge is 2.15. The van der Waals surface area contributed by atoms with Gasteiger partial charge in [-0.2, -0.15) is 0 Å². The zero-order valence-corrected chi connectivity index (χ0v) is 11.9. The van der Waals surface area contributed by atoms with E-state index in [-0.39, 0.29) is 16.9 Å². The summed E-state index contributed by atoms with van der Waals surface area (Å²) in [7, 11) is 0. The van der Waals surface area contributed by atoms with Gasteiger partial charge in [0.05, 0.1) is 10.5 Å². The summed E-state index contributed by atoms with van der Waals surface area (Å²) in [6.45, 7) is 1.55. The van der Waals surface area contributed by atoms with Crippen molar-refractivity contribution in [2.24, 2.45) is 0 Å². The maximum absolute atomic E-state index is 12.1. The van der Waals surface area contributed by atoms with Gasteiger partial charge in [-0.15, -0.1) is 0 Å². The number of nitrogens with one attached hydrogen (secondary N) is 1. The maximum Gasteiger partial charge on any atom is 0.335 e. The first-order valence-electron chi connectivity index (χ1n) is 6.40. The van der Waals surface area contributed by atoms with Gasteiger partial charge in [-0.25, -0.2) is 4.79 Å². The molecular formula is C15H11N2O6-. The van der Waals surface area contributed by atoms with Crippen LogP contribution in [0.2, 0.25) is 0 Å². The van der Waals surface area contributed by atoms with Crippen LogP contribution in [-0.4, -0.2) is 21.9 Å². The molecule has 0 bridgehead atoms. The van der Waals surface area contributed by atoms with Gasteiger partial charge in [0.15, 0.2) is 0 Å². The largest absolute Gasteiger partial charge is 0.872 e. The fourth-order valence-electron chi connectivity index (χ4n) is 1.93. The first-order valence-corrected chi connectivity index (χ1v) is 6.40. The van der Waals surface area contributed by atoms with E-state index in [9.17, 15) is 24.8 Å². The van der Waals surface area contributed by atoms with Gasteiger partial charge in [-0.1, -0.05) is 17.9 Å². The number of carbonyl (C=O) groups is 2. The van der Waals surface area contributed by atoms with E-state index in [1.165, 1.54) is 18.2 Å². The first-order chi connectivity index (χ1) is 10.8. The number of carboxylic acids is 1. The average Bonchev–Trinajstić information content (AvgIpc) is 2.49. The van der Waals surface area contributed by atoms with Crippen molar-refractivity contribution in [1.82, 2.24) is 0 Å². The highest BCUT2D eigenvalue weighted by atomic mass is 16.6. The van der Waals surface area contributed by atoms with Crippen molar-refractivity contribution >= 4 is 23.3 Å². The molecule has 0 aromatic heterocycles. The predicted octanol–water partition coefficient (Wildman–Crippen LogP) is 1.93. The topological polar surface area (TPSA) is 133 Å². The number of benzene rings is 2. The second-order valence-electron chi connectivity index (χ2n) is 4.73. The molecule has 2 aromatic rings. The Morgan fingerprint density at radius 2 is 1.87 bits per heavy atom. The smallest absolute Gasteiger partial charge is 0.335 e. The molecule has 1 amide bonds. The second-order valence-corrected chi connectivity index (χ2v) is 4.73. The number of nitrogens with zero attached hydrogens (tertiary/aromatic N) is 1. The van der Waals surface area contributed by atoms with Crippen molar-refractivity contribution in [3.63, 3.8) is 0 Å². The molecule has 0 fully saturated rings. The molecule has 0 aliphatic heterocycles. The van der Waals surface area contributed by atoms with Crippen LogP contribution in [0.3, 0.4) is 0 Å². The predicted molar refractivity (Wildman–Crippen MR) is 78.6 cm³/mol. The highest BCUT2D eigenvalue weighted by Crippen LogP contribution is 2.22. The van der Waals surface area contributed by atoms with Crippen molar-refractivity contribution in [2.45, 2.75) is 6.92 Å². The van der Waals surface area contributed by atoms with Crippen molar-refractivity contribution in [3.05, 3.63) is 63.2 Å². The summed E-state index contributed by atoms with van der Waals surface area (Å²) in [5.74, 6) is -2.73. The van der Waals surface area contributed by atoms with Gasteiger partial charge in [0.2, 0.25) is 0 Å².